The van der Waals surface area contributed by atoms with E-state index in [-0.39, 0.29) is 11.7 Å². The number of carbonyl (C=O) groups is 1. The maximum Gasteiger partial charge on any atom is 0.433 e. The number of hydrogen-bond donors (Lipinski definition) is 1. The second-order valence-electron chi connectivity index (χ2n) is 7.04. The fourth-order valence-electron chi connectivity index (χ4n) is 3.36. The highest BCUT2D eigenvalue weighted by Crippen LogP contribution is 2.27. The number of morpholine rings is 1. The van der Waals surface area contributed by atoms with Gasteiger partial charge in [-0.25, -0.2) is 9.50 Å². The van der Waals surface area contributed by atoms with Crippen LogP contribution in [0.15, 0.2) is 42.6 Å². The lowest BCUT2D eigenvalue weighted by molar-refractivity contribution is -0.141. The molecular formula is C20H20F3N5O2. The Morgan fingerprint density at radius 1 is 1.20 bits per heavy atom. The van der Waals surface area contributed by atoms with Crippen LogP contribution in [0.5, 0.6) is 0 Å². The summed E-state index contributed by atoms with van der Waals surface area (Å²) in [5, 5.41) is 7.18. The molecule has 0 bridgehead atoms. The number of alkyl halides is 3. The topological polar surface area (TPSA) is 71.8 Å². The van der Waals surface area contributed by atoms with Crippen molar-refractivity contribution in [3.63, 3.8) is 0 Å². The van der Waals surface area contributed by atoms with Gasteiger partial charge in [0.2, 0.25) is 0 Å². The third-order valence-corrected chi connectivity index (χ3v) is 5.03. The number of halogens is 3. The molecule has 7 nitrogen and oxygen atoms in total. The van der Waals surface area contributed by atoms with E-state index < -0.39 is 17.8 Å². The van der Waals surface area contributed by atoms with Gasteiger partial charge in [-0.15, -0.1) is 0 Å². The molecule has 10 heteroatoms. The quantitative estimate of drug-likeness (QED) is 0.702. The molecule has 1 amide bonds. The number of pyridine rings is 2. The number of anilines is 1. The summed E-state index contributed by atoms with van der Waals surface area (Å²) in [7, 11) is 0. The van der Waals surface area contributed by atoms with Crippen LogP contribution in [0.25, 0.3) is 5.52 Å². The summed E-state index contributed by atoms with van der Waals surface area (Å²) in [6.45, 7) is 5.13. The zero-order valence-electron chi connectivity index (χ0n) is 16.2. The van der Waals surface area contributed by atoms with Crippen LogP contribution in [0.4, 0.5) is 18.9 Å². The molecule has 0 aromatic carbocycles. The highest BCUT2D eigenvalue weighted by molar-refractivity contribution is 6.03. The molecule has 4 heterocycles. The van der Waals surface area contributed by atoms with Crippen molar-refractivity contribution in [2.75, 3.05) is 31.6 Å². The Bertz CT molecular complexity index is 1060. The van der Waals surface area contributed by atoms with Gasteiger partial charge in [0.15, 0.2) is 0 Å². The third-order valence-electron chi connectivity index (χ3n) is 5.03. The van der Waals surface area contributed by atoms with Crippen molar-refractivity contribution < 1.29 is 22.7 Å². The van der Waals surface area contributed by atoms with Gasteiger partial charge in [-0.1, -0.05) is 6.07 Å². The van der Waals surface area contributed by atoms with E-state index in [1.807, 2.05) is 6.07 Å². The highest BCUT2D eigenvalue weighted by Gasteiger charge is 2.33. The van der Waals surface area contributed by atoms with Crippen LogP contribution < -0.4 is 5.32 Å². The predicted molar refractivity (Wildman–Crippen MR) is 103 cm³/mol. The van der Waals surface area contributed by atoms with Crippen LogP contribution in [0.2, 0.25) is 0 Å². The fraction of sp³-hybridized carbons (Fsp3) is 0.350. The number of fused-ring (bicyclic) bond motifs is 1. The number of aromatic nitrogens is 3. The van der Waals surface area contributed by atoms with Gasteiger partial charge in [0.05, 0.1) is 30.5 Å². The van der Waals surface area contributed by atoms with Gasteiger partial charge in [-0.3, -0.25) is 9.69 Å². The fourth-order valence-corrected chi connectivity index (χ4v) is 3.36. The van der Waals surface area contributed by atoms with Gasteiger partial charge in [-0.2, -0.15) is 18.3 Å². The average Bonchev–Trinajstić information content (AvgIpc) is 3.16. The van der Waals surface area contributed by atoms with Crippen LogP contribution in [-0.2, 0) is 10.9 Å². The zero-order valence-corrected chi connectivity index (χ0v) is 16.2. The minimum atomic E-state index is -4.61. The van der Waals surface area contributed by atoms with E-state index in [1.165, 1.54) is 6.07 Å². The molecule has 1 N–H and O–H groups in total. The summed E-state index contributed by atoms with van der Waals surface area (Å²) in [4.78, 5) is 18.1. The average molecular weight is 419 g/mol. The SMILES string of the molecule is CC(c1cc2cc(NC(=O)c3cccc(C(F)(F)F)n3)ccn2n1)N1CCOCC1. The molecule has 1 aliphatic heterocycles. The van der Waals surface area contributed by atoms with Gasteiger partial charge >= 0.3 is 6.18 Å². The molecule has 30 heavy (non-hydrogen) atoms. The molecule has 1 fully saturated rings. The van der Waals surface area contributed by atoms with E-state index in [0.29, 0.717) is 18.9 Å². The molecule has 3 aromatic heterocycles. The molecule has 1 atom stereocenters. The van der Waals surface area contributed by atoms with Gasteiger partial charge in [-0.05, 0) is 37.3 Å². The minimum absolute atomic E-state index is 0.112. The van der Waals surface area contributed by atoms with Gasteiger partial charge in [0, 0.05) is 25.0 Å². The predicted octanol–water partition coefficient (Wildman–Crippen LogP) is 3.39. The lowest BCUT2D eigenvalue weighted by Crippen LogP contribution is -2.38. The van der Waals surface area contributed by atoms with Crippen molar-refractivity contribution in [3.05, 3.63) is 59.7 Å². The summed E-state index contributed by atoms with van der Waals surface area (Å²) in [5.74, 6) is -0.716. The highest BCUT2D eigenvalue weighted by atomic mass is 19.4. The number of carbonyl (C=O) groups excluding carboxylic acids is 1. The smallest absolute Gasteiger partial charge is 0.379 e. The van der Waals surface area contributed by atoms with Gasteiger partial charge in [0.25, 0.3) is 5.91 Å². The number of rotatable bonds is 4. The molecule has 4 rings (SSSR count). The first kappa shape index (κ1) is 20.3. The van der Waals surface area contributed by atoms with Crippen LogP contribution >= 0.6 is 0 Å². The normalized spacial score (nSPS) is 16.5. The Morgan fingerprint density at radius 2 is 1.97 bits per heavy atom. The lowest BCUT2D eigenvalue weighted by Gasteiger charge is -2.31. The van der Waals surface area contributed by atoms with E-state index >= 15 is 0 Å². The Kier molecular flexibility index (Phi) is 5.44. The first-order valence-electron chi connectivity index (χ1n) is 9.48. The van der Waals surface area contributed by atoms with Crippen molar-refractivity contribution in [1.82, 2.24) is 19.5 Å². The maximum atomic E-state index is 12.8. The zero-order chi connectivity index (χ0) is 21.3. The van der Waals surface area contributed by atoms with E-state index in [1.54, 1.807) is 22.8 Å². The van der Waals surface area contributed by atoms with Crippen molar-refractivity contribution in [2.45, 2.75) is 19.1 Å². The molecule has 158 valence electrons. The molecule has 1 saturated heterocycles. The number of nitrogens with zero attached hydrogens (tertiary/aromatic N) is 4. The van der Waals surface area contributed by atoms with Crippen molar-refractivity contribution >= 4 is 17.1 Å². The van der Waals surface area contributed by atoms with E-state index in [4.69, 9.17) is 4.74 Å². The van der Waals surface area contributed by atoms with Gasteiger partial charge in [0.1, 0.15) is 11.4 Å². The summed E-state index contributed by atoms with van der Waals surface area (Å²) in [6, 6.07) is 8.61. The number of hydrogen-bond acceptors (Lipinski definition) is 5. The minimum Gasteiger partial charge on any atom is -0.379 e. The van der Waals surface area contributed by atoms with E-state index in [0.717, 1.165) is 36.4 Å². The van der Waals surface area contributed by atoms with E-state index in [2.05, 4.69) is 27.2 Å². The van der Waals surface area contributed by atoms with Crippen molar-refractivity contribution in [3.8, 4) is 0 Å². The lowest BCUT2D eigenvalue weighted by atomic mass is 10.2. The summed E-state index contributed by atoms with van der Waals surface area (Å²) in [5.41, 5.74) is 0.681. The molecular weight excluding hydrogens is 399 g/mol. The van der Waals surface area contributed by atoms with E-state index in [9.17, 15) is 18.0 Å². The Labute approximate surface area is 170 Å². The Hall–Kier alpha value is -2.98. The molecule has 0 saturated carbocycles. The number of nitrogens with one attached hydrogen (secondary N) is 1. The number of ether oxygens (including phenoxy) is 1. The van der Waals surface area contributed by atoms with Crippen LogP contribution in [-0.4, -0.2) is 51.7 Å². The van der Waals surface area contributed by atoms with Crippen LogP contribution in [0.3, 0.4) is 0 Å². The summed E-state index contributed by atoms with van der Waals surface area (Å²) in [6.07, 6.45) is -2.92. The van der Waals surface area contributed by atoms with Crippen LogP contribution in [0.1, 0.15) is 34.8 Å². The third kappa shape index (κ3) is 4.29. The molecule has 0 radical (unpaired) electrons. The Balaban J connectivity index is 1.52. The standard InChI is InChI=1S/C20H20F3N5O2/c1-13(27-7-9-30-10-8-27)17-12-15-11-14(5-6-28(15)26-17)24-19(29)16-3-2-4-18(25-16)20(21,22)23/h2-6,11-13H,7-10H2,1H3,(H,24,29). The second kappa shape index (κ2) is 8.04. The van der Waals surface area contributed by atoms with Gasteiger partial charge < -0.3 is 10.1 Å². The largest absolute Gasteiger partial charge is 0.433 e. The molecule has 0 spiro atoms. The van der Waals surface area contributed by atoms with Crippen molar-refractivity contribution in [2.24, 2.45) is 0 Å². The second-order valence-corrected chi connectivity index (χ2v) is 7.04. The molecule has 1 aliphatic rings. The molecule has 1 unspecified atom stereocenters. The first-order valence-corrected chi connectivity index (χ1v) is 9.48. The Morgan fingerprint density at radius 3 is 2.70 bits per heavy atom. The monoisotopic (exact) mass is 419 g/mol. The van der Waals surface area contributed by atoms with Crippen LogP contribution in [0, 0.1) is 0 Å². The van der Waals surface area contributed by atoms with Crippen molar-refractivity contribution in [1.29, 1.82) is 0 Å². The molecule has 3 aromatic rings. The molecule has 0 aliphatic carbocycles. The number of amides is 1. The first-order chi connectivity index (χ1) is 14.3. The summed E-state index contributed by atoms with van der Waals surface area (Å²) >= 11 is 0. The maximum absolute atomic E-state index is 12.8. The summed E-state index contributed by atoms with van der Waals surface area (Å²) < 4.78 is 45.5.